The van der Waals surface area contributed by atoms with Crippen molar-refractivity contribution >= 4 is 5.78 Å². The highest BCUT2D eigenvalue weighted by Gasteiger charge is 2.44. The lowest BCUT2D eigenvalue weighted by Gasteiger charge is -2.07. The van der Waals surface area contributed by atoms with Gasteiger partial charge in [-0.2, -0.15) is 0 Å². The molecule has 0 amide bonds. The quantitative estimate of drug-likeness (QED) is 0.749. The van der Waals surface area contributed by atoms with Gasteiger partial charge in [-0.15, -0.1) is 0 Å². The second kappa shape index (κ2) is 3.40. The lowest BCUT2D eigenvalue weighted by atomic mass is 9.97. The lowest BCUT2D eigenvalue weighted by molar-refractivity contribution is -0.122. The molecular formula is C12H12F2O. The number of halogens is 2. The van der Waals surface area contributed by atoms with E-state index in [-0.39, 0.29) is 23.2 Å². The minimum atomic E-state index is -0.506. The number of hydrogen-bond acceptors (Lipinski definition) is 1. The number of benzene rings is 1. The van der Waals surface area contributed by atoms with Gasteiger partial charge in [0.1, 0.15) is 17.4 Å². The van der Waals surface area contributed by atoms with Crippen molar-refractivity contribution in [3.05, 3.63) is 35.4 Å². The fraction of sp³-hybridized carbons (Fsp3) is 0.417. The molecule has 1 aliphatic carbocycles. The summed E-state index contributed by atoms with van der Waals surface area (Å²) in [5.41, 5.74) is -0.119. The summed E-state index contributed by atoms with van der Waals surface area (Å²) in [4.78, 5) is 11.7. The number of Topliss-reactive ketones (excluding diaryl/α,β-unsaturated/α-hetero) is 1. The summed E-state index contributed by atoms with van der Waals surface area (Å²) in [5.74, 6) is -0.999. The van der Waals surface area contributed by atoms with Gasteiger partial charge in [0.2, 0.25) is 0 Å². The lowest BCUT2D eigenvalue weighted by Crippen LogP contribution is -2.15. The van der Waals surface area contributed by atoms with Gasteiger partial charge in [0, 0.05) is 11.8 Å². The third-order valence-electron chi connectivity index (χ3n) is 3.03. The van der Waals surface area contributed by atoms with Crippen LogP contribution in [0.2, 0.25) is 0 Å². The predicted molar refractivity (Wildman–Crippen MR) is 52.4 cm³/mol. The van der Waals surface area contributed by atoms with Gasteiger partial charge in [0.25, 0.3) is 0 Å². The van der Waals surface area contributed by atoms with Crippen LogP contribution in [0.25, 0.3) is 0 Å². The molecule has 0 saturated heterocycles. The van der Waals surface area contributed by atoms with Crippen molar-refractivity contribution in [2.45, 2.75) is 26.2 Å². The third-order valence-corrected chi connectivity index (χ3v) is 3.03. The maximum Gasteiger partial charge on any atom is 0.143 e. The molecule has 1 fully saturated rings. The average molecular weight is 210 g/mol. The number of carbonyl (C=O) groups is 1. The van der Waals surface area contributed by atoms with Crippen LogP contribution in [-0.2, 0) is 11.2 Å². The zero-order valence-corrected chi connectivity index (χ0v) is 8.52. The molecular weight excluding hydrogens is 198 g/mol. The Hall–Kier alpha value is -1.25. The maximum atomic E-state index is 13.2. The van der Waals surface area contributed by atoms with E-state index in [0.29, 0.717) is 0 Å². The van der Waals surface area contributed by atoms with Crippen LogP contribution in [0.1, 0.15) is 25.3 Å². The molecule has 0 aromatic heterocycles. The molecule has 0 radical (unpaired) electrons. The van der Waals surface area contributed by atoms with Crippen molar-refractivity contribution in [1.29, 1.82) is 0 Å². The number of carbonyl (C=O) groups excluding carboxylic acids is 1. The first kappa shape index (κ1) is 10.3. The Morgan fingerprint density at radius 2 is 2.07 bits per heavy atom. The van der Waals surface area contributed by atoms with Gasteiger partial charge in [-0.3, -0.25) is 4.79 Å². The fourth-order valence-corrected chi connectivity index (χ4v) is 1.53. The molecule has 80 valence electrons. The first-order valence-electron chi connectivity index (χ1n) is 4.98. The molecule has 1 aliphatic rings. The summed E-state index contributed by atoms with van der Waals surface area (Å²) in [6.07, 6.45) is 1.73. The molecule has 0 atom stereocenters. The van der Waals surface area contributed by atoms with Crippen molar-refractivity contribution in [3.8, 4) is 0 Å². The molecule has 0 aliphatic heterocycles. The summed E-state index contributed by atoms with van der Waals surface area (Å²) in [5, 5.41) is 0. The molecule has 15 heavy (non-hydrogen) atoms. The number of rotatable bonds is 3. The van der Waals surface area contributed by atoms with Crippen LogP contribution >= 0.6 is 0 Å². The molecule has 0 unspecified atom stereocenters. The molecule has 1 saturated carbocycles. The minimum Gasteiger partial charge on any atom is -0.299 e. The molecule has 1 nitrogen and oxygen atoms in total. The minimum absolute atomic E-state index is 0.0000926. The van der Waals surface area contributed by atoms with Crippen LogP contribution in [0.15, 0.2) is 18.2 Å². The van der Waals surface area contributed by atoms with E-state index in [4.69, 9.17) is 0 Å². The topological polar surface area (TPSA) is 17.1 Å². The molecule has 1 aromatic rings. The van der Waals surface area contributed by atoms with E-state index in [1.54, 1.807) is 0 Å². The van der Waals surface area contributed by atoms with Crippen LogP contribution < -0.4 is 0 Å². The van der Waals surface area contributed by atoms with E-state index in [2.05, 4.69) is 0 Å². The van der Waals surface area contributed by atoms with Crippen LogP contribution in [-0.4, -0.2) is 5.78 Å². The van der Waals surface area contributed by atoms with Crippen LogP contribution in [0.3, 0.4) is 0 Å². The van der Waals surface area contributed by atoms with Crippen molar-refractivity contribution in [3.63, 3.8) is 0 Å². The highest BCUT2D eigenvalue weighted by atomic mass is 19.1. The van der Waals surface area contributed by atoms with E-state index in [1.807, 2.05) is 6.92 Å². The normalized spacial score (nSPS) is 17.5. The zero-order chi connectivity index (χ0) is 11.1. The van der Waals surface area contributed by atoms with Gasteiger partial charge in [0.05, 0.1) is 0 Å². The Morgan fingerprint density at radius 1 is 1.40 bits per heavy atom. The van der Waals surface area contributed by atoms with Crippen molar-refractivity contribution in [1.82, 2.24) is 0 Å². The summed E-state index contributed by atoms with van der Waals surface area (Å²) in [6.45, 7) is 1.87. The standard InChI is InChI=1S/C12H12F2O/c1-12(4-5-12)11(15)7-8-6-9(13)2-3-10(8)14/h2-3,6H,4-5,7H2,1H3. The van der Waals surface area contributed by atoms with Crippen LogP contribution in [0, 0.1) is 17.0 Å². The van der Waals surface area contributed by atoms with Gasteiger partial charge in [-0.1, -0.05) is 6.92 Å². The van der Waals surface area contributed by atoms with Gasteiger partial charge < -0.3 is 0 Å². The van der Waals surface area contributed by atoms with E-state index >= 15 is 0 Å². The monoisotopic (exact) mass is 210 g/mol. The maximum absolute atomic E-state index is 13.2. The Bertz CT molecular complexity index is 408. The Balaban J connectivity index is 2.16. The van der Waals surface area contributed by atoms with Crippen molar-refractivity contribution in [2.24, 2.45) is 5.41 Å². The summed E-state index contributed by atoms with van der Waals surface area (Å²) in [6, 6.07) is 3.22. The number of hydrogen-bond donors (Lipinski definition) is 0. The smallest absolute Gasteiger partial charge is 0.143 e. The predicted octanol–water partition coefficient (Wildman–Crippen LogP) is 2.88. The Kier molecular flexibility index (Phi) is 2.33. The van der Waals surface area contributed by atoms with E-state index < -0.39 is 11.6 Å². The molecule has 0 N–H and O–H groups in total. The SMILES string of the molecule is CC1(C(=O)Cc2cc(F)ccc2F)CC1. The Labute approximate surface area is 87.1 Å². The first-order valence-corrected chi connectivity index (χ1v) is 4.98. The number of ketones is 1. The second-order valence-electron chi connectivity index (χ2n) is 4.40. The summed E-state index contributed by atoms with van der Waals surface area (Å²) < 4.78 is 26.1. The highest BCUT2D eigenvalue weighted by Crippen LogP contribution is 2.46. The Morgan fingerprint density at radius 3 is 2.67 bits per heavy atom. The zero-order valence-electron chi connectivity index (χ0n) is 8.52. The van der Waals surface area contributed by atoms with Gasteiger partial charge >= 0.3 is 0 Å². The molecule has 0 spiro atoms. The van der Waals surface area contributed by atoms with Gasteiger partial charge in [-0.05, 0) is 36.6 Å². The van der Waals surface area contributed by atoms with Crippen molar-refractivity contribution < 1.29 is 13.6 Å². The van der Waals surface area contributed by atoms with Crippen LogP contribution in [0.4, 0.5) is 8.78 Å². The van der Waals surface area contributed by atoms with E-state index in [0.717, 1.165) is 31.0 Å². The highest BCUT2D eigenvalue weighted by molar-refractivity contribution is 5.88. The average Bonchev–Trinajstić information content (AvgIpc) is 2.91. The van der Waals surface area contributed by atoms with Gasteiger partial charge in [0.15, 0.2) is 0 Å². The molecule has 3 heteroatoms. The molecule has 2 rings (SSSR count). The van der Waals surface area contributed by atoms with E-state index in [1.165, 1.54) is 0 Å². The second-order valence-corrected chi connectivity index (χ2v) is 4.40. The van der Waals surface area contributed by atoms with Crippen molar-refractivity contribution in [2.75, 3.05) is 0 Å². The fourth-order valence-electron chi connectivity index (χ4n) is 1.53. The summed E-state index contributed by atoms with van der Waals surface area (Å²) >= 11 is 0. The van der Waals surface area contributed by atoms with Crippen LogP contribution in [0.5, 0.6) is 0 Å². The van der Waals surface area contributed by atoms with Gasteiger partial charge in [-0.25, -0.2) is 8.78 Å². The first-order chi connectivity index (χ1) is 7.01. The van der Waals surface area contributed by atoms with E-state index in [9.17, 15) is 13.6 Å². The summed E-state index contributed by atoms with van der Waals surface area (Å²) in [7, 11) is 0. The largest absolute Gasteiger partial charge is 0.299 e. The third kappa shape index (κ3) is 2.06. The molecule has 0 bridgehead atoms. The molecule has 0 heterocycles. The molecule has 1 aromatic carbocycles.